The molecule has 31 heavy (non-hydrogen) atoms. The summed E-state index contributed by atoms with van der Waals surface area (Å²) < 4.78 is 11.2. The van der Waals surface area contributed by atoms with Crippen LogP contribution < -0.4 is 14.4 Å². The van der Waals surface area contributed by atoms with Gasteiger partial charge in [0.1, 0.15) is 5.75 Å². The maximum atomic E-state index is 8.92. The molecular weight excluding hydrogens is 420 g/mol. The lowest BCUT2D eigenvalue weighted by Gasteiger charge is -2.31. The molecule has 2 fully saturated rings. The number of nitriles is 1. The number of hydrogen-bond acceptors (Lipinski definition) is 9. The van der Waals surface area contributed by atoms with E-state index in [0.717, 1.165) is 49.2 Å². The average Bonchev–Trinajstić information content (AvgIpc) is 3.44. The third-order valence-electron chi connectivity index (χ3n) is 5.94. The molecule has 0 radical (unpaired) electrons. The standard InChI is InChI=1S/C20H21ClN8O2/c1-30-14-2-5-23-17-15(14)16(27-28-17)11-3-6-29(7-4-11)19-24-18(21)25-20(26-19)31-10-13-8-12(13)9-22/h2,5,11-13H,3-4,6-8,10H2,1H3,(H,23,27,28)/t12-,13+/m0/s1. The number of methoxy groups -OCH3 is 1. The van der Waals surface area contributed by atoms with E-state index in [1.165, 1.54) is 0 Å². The molecule has 1 saturated carbocycles. The molecule has 1 aliphatic heterocycles. The Hall–Kier alpha value is -3.19. The van der Waals surface area contributed by atoms with Crippen LogP contribution in [0.1, 0.15) is 30.9 Å². The molecule has 0 aromatic carbocycles. The van der Waals surface area contributed by atoms with Gasteiger partial charge in [-0.05, 0) is 36.9 Å². The quantitative estimate of drug-likeness (QED) is 0.615. The van der Waals surface area contributed by atoms with Crippen molar-refractivity contribution in [2.45, 2.75) is 25.2 Å². The molecule has 4 heterocycles. The van der Waals surface area contributed by atoms with E-state index in [9.17, 15) is 0 Å². The number of nitrogens with zero attached hydrogens (tertiary/aromatic N) is 7. The Balaban J connectivity index is 1.27. The molecule has 0 unspecified atom stereocenters. The summed E-state index contributed by atoms with van der Waals surface area (Å²) in [6.45, 7) is 1.93. The summed E-state index contributed by atoms with van der Waals surface area (Å²) in [6.07, 6.45) is 4.34. The second-order valence-corrected chi connectivity index (χ2v) is 8.18. The van der Waals surface area contributed by atoms with E-state index in [4.69, 9.17) is 26.3 Å². The van der Waals surface area contributed by atoms with Gasteiger partial charge in [0.05, 0.1) is 36.8 Å². The number of ether oxygens (including phenoxy) is 2. The van der Waals surface area contributed by atoms with Crippen LogP contribution in [0, 0.1) is 23.2 Å². The molecule has 1 aliphatic carbocycles. The molecular formula is C20H21ClN8O2. The minimum Gasteiger partial charge on any atom is -0.496 e. The summed E-state index contributed by atoms with van der Waals surface area (Å²) in [5.74, 6) is 1.90. The minimum absolute atomic E-state index is 0.0724. The highest BCUT2D eigenvalue weighted by molar-refractivity contribution is 6.28. The highest BCUT2D eigenvalue weighted by Gasteiger charge is 2.38. The summed E-state index contributed by atoms with van der Waals surface area (Å²) in [5.41, 5.74) is 1.71. The first-order chi connectivity index (χ1) is 15.2. The molecule has 1 saturated heterocycles. The fourth-order valence-corrected chi connectivity index (χ4v) is 4.22. The number of nitrogens with one attached hydrogen (secondary N) is 1. The zero-order valence-corrected chi connectivity index (χ0v) is 17.7. The second-order valence-electron chi connectivity index (χ2n) is 7.84. The Morgan fingerprint density at radius 3 is 2.87 bits per heavy atom. The number of aromatic amines is 1. The average molecular weight is 441 g/mol. The molecule has 0 amide bonds. The predicted octanol–water partition coefficient (Wildman–Crippen LogP) is 2.73. The van der Waals surface area contributed by atoms with Crippen molar-refractivity contribution in [3.8, 4) is 17.8 Å². The SMILES string of the molecule is COc1ccnc2n[nH]c(C3CCN(c4nc(Cl)nc(OC[C@H]5C[C@H]5C#N)n4)CC3)c12. The van der Waals surface area contributed by atoms with Crippen molar-refractivity contribution in [1.82, 2.24) is 30.1 Å². The van der Waals surface area contributed by atoms with Crippen molar-refractivity contribution >= 4 is 28.6 Å². The third-order valence-corrected chi connectivity index (χ3v) is 6.11. The van der Waals surface area contributed by atoms with E-state index in [0.29, 0.717) is 24.1 Å². The molecule has 160 valence electrons. The summed E-state index contributed by atoms with van der Waals surface area (Å²) in [7, 11) is 1.65. The predicted molar refractivity (Wildman–Crippen MR) is 112 cm³/mol. The summed E-state index contributed by atoms with van der Waals surface area (Å²) >= 11 is 6.11. The van der Waals surface area contributed by atoms with Gasteiger partial charge < -0.3 is 14.4 Å². The molecule has 3 aromatic heterocycles. The molecule has 3 aromatic rings. The number of aromatic nitrogens is 6. The lowest BCUT2D eigenvalue weighted by Crippen LogP contribution is -2.34. The van der Waals surface area contributed by atoms with E-state index in [-0.39, 0.29) is 23.1 Å². The van der Waals surface area contributed by atoms with Crippen molar-refractivity contribution < 1.29 is 9.47 Å². The Labute approximate surface area is 183 Å². The van der Waals surface area contributed by atoms with Crippen LogP contribution in [0.5, 0.6) is 11.8 Å². The van der Waals surface area contributed by atoms with Gasteiger partial charge in [0.15, 0.2) is 5.65 Å². The summed E-state index contributed by atoms with van der Waals surface area (Å²) in [5, 5.41) is 17.5. The van der Waals surface area contributed by atoms with E-state index >= 15 is 0 Å². The topological polar surface area (TPSA) is 126 Å². The van der Waals surface area contributed by atoms with Gasteiger partial charge in [0.25, 0.3) is 0 Å². The molecule has 1 N–H and O–H groups in total. The van der Waals surface area contributed by atoms with Gasteiger partial charge in [0, 0.05) is 31.1 Å². The maximum Gasteiger partial charge on any atom is 0.322 e. The molecule has 11 heteroatoms. The molecule has 0 spiro atoms. The highest BCUT2D eigenvalue weighted by atomic mass is 35.5. The van der Waals surface area contributed by atoms with Gasteiger partial charge >= 0.3 is 6.01 Å². The summed E-state index contributed by atoms with van der Waals surface area (Å²) in [6, 6.07) is 4.30. The fraction of sp³-hybridized carbons (Fsp3) is 0.500. The first-order valence-electron chi connectivity index (χ1n) is 10.2. The molecule has 0 bridgehead atoms. The Morgan fingerprint density at radius 2 is 2.13 bits per heavy atom. The lowest BCUT2D eigenvalue weighted by molar-refractivity contribution is 0.272. The van der Waals surface area contributed by atoms with Gasteiger partial charge in [-0.3, -0.25) is 5.10 Å². The number of H-pyrrole nitrogens is 1. The minimum atomic E-state index is 0.0724. The van der Waals surface area contributed by atoms with Crippen molar-refractivity contribution in [2.75, 3.05) is 31.7 Å². The monoisotopic (exact) mass is 440 g/mol. The molecule has 2 atom stereocenters. The Kier molecular flexibility index (Phi) is 5.19. The van der Waals surface area contributed by atoms with Gasteiger partial charge in [-0.15, -0.1) is 0 Å². The van der Waals surface area contributed by atoms with Crippen LogP contribution in [-0.4, -0.2) is 56.9 Å². The first kappa shape index (κ1) is 19.8. The molecule has 2 aliphatic rings. The van der Waals surface area contributed by atoms with Gasteiger partial charge in [-0.1, -0.05) is 0 Å². The van der Waals surface area contributed by atoms with Crippen LogP contribution in [-0.2, 0) is 0 Å². The van der Waals surface area contributed by atoms with Crippen LogP contribution in [0.3, 0.4) is 0 Å². The lowest BCUT2D eigenvalue weighted by atomic mass is 9.92. The van der Waals surface area contributed by atoms with Crippen molar-refractivity contribution in [3.63, 3.8) is 0 Å². The van der Waals surface area contributed by atoms with Crippen molar-refractivity contribution in [1.29, 1.82) is 5.26 Å². The Morgan fingerprint density at radius 1 is 1.29 bits per heavy atom. The van der Waals surface area contributed by atoms with E-state index in [1.807, 2.05) is 6.07 Å². The molecule has 5 rings (SSSR count). The highest BCUT2D eigenvalue weighted by Crippen LogP contribution is 2.38. The smallest absolute Gasteiger partial charge is 0.322 e. The van der Waals surface area contributed by atoms with Crippen molar-refractivity contribution in [2.24, 2.45) is 11.8 Å². The zero-order valence-electron chi connectivity index (χ0n) is 17.0. The van der Waals surface area contributed by atoms with Crippen LogP contribution >= 0.6 is 11.6 Å². The van der Waals surface area contributed by atoms with Crippen LogP contribution in [0.2, 0.25) is 5.28 Å². The largest absolute Gasteiger partial charge is 0.496 e. The van der Waals surface area contributed by atoms with Crippen LogP contribution in [0.4, 0.5) is 5.95 Å². The first-order valence-corrected chi connectivity index (χ1v) is 10.6. The number of pyridine rings is 1. The van der Waals surface area contributed by atoms with Gasteiger partial charge in [-0.2, -0.15) is 25.3 Å². The van der Waals surface area contributed by atoms with Crippen molar-refractivity contribution in [3.05, 3.63) is 23.2 Å². The number of anilines is 1. The van der Waals surface area contributed by atoms with Crippen LogP contribution in [0.25, 0.3) is 11.0 Å². The van der Waals surface area contributed by atoms with Crippen LogP contribution in [0.15, 0.2) is 12.3 Å². The number of fused-ring (bicyclic) bond motifs is 1. The molecule has 10 nitrogen and oxygen atoms in total. The third kappa shape index (κ3) is 3.93. The second kappa shape index (κ2) is 8.15. The number of piperidine rings is 1. The number of halogens is 1. The summed E-state index contributed by atoms with van der Waals surface area (Å²) in [4.78, 5) is 19.2. The Bertz CT molecular complexity index is 1140. The maximum absolute atomic E-state index is 8.92. The van der Waals surface area contributed by atoms with Gasteiger partial charge in [0.2, 0.25) is 11.2 Å². The number of hydrogen-bond donors (Lipinski definition) is 1. The van der Waals surface area contributed by atoms with E-state index < -0.39 is 0 Å². The van der Waals surface area contributed by atoms with E-state index in [1.54, 1.807) is 13.3 Å². The van der Waals surface area contributed by atoms with E-state index in [2.05, 4.69) is 41.1 Å². The zero-order chi connectivity index (χ0) is 21.4. The fourth-order valence-electron chi connectivity index (χ4n) is 4.07. The number of rotatable bonds is 6. The van der Waals surface area contributed by atoms with Gasteiger partial charge in [-0.25, -0.2) is 4.98 Å². The normalized spacial score (nSPS) is 21.1.